The minimum Gasteiger partial charge on any atom is -0.292 e. The summed E-state index contributed by atoms with van der Waals surface area (Å²) >= 11 is 1.80. The molecule has 0 unspecified atom stereocenters. The first kappa shape index (κ1) is 37.4. The quantitative estimate of drug-likeness (QED) is 0.144. The van der Waals surface area contributed by atoms with E-state index in [1.165, 1.54) is 75.7 Å². The first-order valence-corrected chi connectivity index (χ1v) is 22.0. The fourth-order valence-corrected chi connectivity index (χ4v) is 10.5. The Morgan fingerprint density at radius 2 is 0.763 bits per heavy atom. The molecular weight excluding hydrogens is 737 g/mol. The molecule has 292 valence electrons. The molecule has 10 aromatic rings. The second-order valence-electron chi connectivity index (χ2n) is 17.4. The molecule has 0 aliphatic heterocycles. The van der Waals surface area contributed by atoms with Gasteiger partial charge in [0.1, 0.15) is 11.3 Å². The fraction of sp³-hybridized carbons (Fsp3) is 0.222. The van der Waals surface area contributed by atoms with Gasteiger partial charge in [-0.1, -0.05) is 152 Å². The van der Waals surface area contributed by atoms with Crippen LogP contribution in [0.15, 0.2) is 144 Å². The molecule has 0 saturated heterocycles. The number of hydrogen-bond donors (Lipinski definition) is 0. The predicted octanol–water partition coefficient (Wildman–Crippen LogP) is 15.6. The number of fused-ring (bicyclic) bond motifs is 12. The van der Waals surface area contributed by atoms with E-state index in [0.29, 0.717) is 23.7 Å². The zero-order valence-corrected chi connectivity index (χ0v) is 36.0. The van der Waals surface area contributed by atoms with Crippen molar-refractivity contribution in [2.24, 2.45) is 0 Å². The second kappa shape index (κ2) is 14.4. The molecule has 0 radical (unpaired) electrons. The minimum atomic E-state index is 0.382. The molecule has 0 N–H and O–H groups in total. The van der Waals surface area contributed by atoms with Crippen molar-refractivity contribution in [2.45, 2.75) is 88.9 Å². The maximum atomic E-state index is 5.23. The number of hydrogen-bond acceptors (Lipinski definition) is 3. The maximum Gasteiger partial charge on any atom is 0.145 e. The van der Waals surface area contributed by atoms with E-state index in [-0.39, 0.29) is 0 Å². The lowest BCUT2D eigenvalue weighted by molar-refractivity contribution is 0.836. The highest BCUT2D eigenvalue weighted by Gasteiger charge is 2.23. The number of benzene rings is 6. The average Bonchev–Trinajstić information content (AvgIpc) is 3.89. The van der Waals surface area contributed by atoms with Gasteiger partial charge in [-0.3, -0.25) is 8.80 Å². The largest absolute Gasteiger partial charge is 0.292 e. The third-order valence-electron chi connectivity index (χ3n) is 12.4. The molecule has 5 heteroatoms. The third-order valence-corrected chi connectivity index (χ3v) is 13.3. The summed E-state index contributed by atoms with van der Waals surface area (Å²) in [6.45, 7) is 18.4. The summed E-state index contributed by atoms with van der Waals surface area (Å²) in [4.78, 5) is 12.8. The van der Waals surface area contributed by atoms with E-state index in [0.717, 1.165) is 33.5 Å². The molecule has 0 bridgehead atoms. The Bertz CT molecular complexity index is 3000. The van der Waals surface area contributed by atoms with Crippen molar-refractivity contribution in [1.29, 1.82) is 0 Å². The van der Waals surface area contributed by atoms with Gasteiger partial charge >= 0.3 is 0 Å². The molecule has 0 amide bonds. The van der Waals surface area contributed by atoms with Crippen LogP contribution in [0, 0.1) is 0 Å². The molecule has 0 spiro atoms. The summed E-state index contributed by atoms with van der Waals surface area (Å²) in [6.07, 6.45) is 4.21. The minimum absolute atomic E-state index is 0.382. The summed E-state index contributed by atoms with van der Waals surface area (Å²) in [7, 11) is 0. The van der Waals surface area contributed by atoms with Crippen molar-refractivity contribution in [3.63, 3.8) is 0 Å². The lowest BCUT2D eigenvalue weighted by Crippen LogP contribution is -2.02. The van der Waals surface area contributed by atoms with E-state index in [1.54, 1.807) is 11.8 Å². The summed E-state index contributed by atoms with van der Waals surface area (Å²) in [6, 6.07) is 45.0. The maximum absolute atomic E-state index is 5.23. The summed E-state index contributed by atoms with van der Waals surface area (Å²) in [5.74, 6) is 1.53. The Morgan fingerprint density at radius 3 is 1.14 bits per heavy atom. The molecule has 0 aliphatic rings. The highest BCUT2D eigenvalue weighted by molar-refractivity contribution is 7.99. The normalized spacial score (nSPS) is 12.4. The van der Waals surface area contributed by atoms with Crippen LogP contribution < -0.4 is 0 Å². The topological polar surface area (TPSA) is 34.6 Å². The molecule has 0 atom stereocenters. The predicted molar refractivity (Wildman–Crippen MR) is 252 cm³/mol. The Morgan fingerprint density at radius 1 is 0.390 bits per heavy atom. The molecule has 59 heavy (non-hydrogen) atoms. The van der Waals surface area contributed by atoms with E-state index in [2.05, 4.69) is 198 Å². The number of aromatic nitrogens is 4. The molecule has 10 rings (SSSR count). The molecular formula is C54H50N4S. The monoisotopic (exact) mass is 786 g/mol. The number of pyridine rings is 2. The van der Waals surface area contributed by atoms with Gasteiger partial charge in [-0.25, -0.2) is 9.97 Å². The van der Waals surface area contributed by atoms with Gasteiger partial charge in [-0.15, -0.1) is 0 Å². The first-order chi connectivity index (χ1) is 28.6. The van der Waals surface area contributed by atoms with E-state index in [1.807, 2.05) is 0 Å². The standard InChI is InChI=1S/C54H50N4S/c1-31(2)37-17-13-18-38(32(3)4)51(37)49-29-55-53-45-27-35(23-25-41(45)43-15-9-11-21-47(43)57(49)53)59-36-24-26-42-44-16-10-12-22-48(44)58-50(30-56-54(58)46(42)28-36)52-39(33(5)6)19-14-20-40(52)34(7)8/h9-34H,1-8H3. The molecule has 0 fully saturated rings. The Balaban J connectivity index is 1.15. The molecule has 4 heterocycles. The Hall–Kier alpha value is -5.91. The SMILES string of the molecule is CC(C)c1cccc(C(C)C)c1-c1cnc2c3cc(Sc4ccc5c6ccccc6n6c(-c7c(C(C)C)cccc7C(C)C)cnc6c5c4)ccc3c3ccccc3n12. The van der Waals surface area contributed by atoms with Crippen LogP contribution in [0.25, 0.3) is 77.2 Å². The molecule has 0 aliphatic carbocycles. The van der Waals surface area contributed by atoms with Gasteiger partial charge in [0.15, 0.2) is 0 Å². The number of imidazole rings is 2. The summed E-state index contributed by atoms with van der Waals surface area (Å²) in [5.41, 5.74) is 14.7. The first-order valence-electron chi connectivity index (χ1n) is 21.2. The lowest BCUT2D eigenvalue weighted by Gasteiger charge is -2.20. The zero-order chi connectivity index (χ0) is 40.7. The lowest BCUT2D eigenvalue weighted by atomic mass is 9.87. The van der Waals surface area contributed by atoms with Gasteiger partial charge in [0, 0.05) is 42.5 Å². The average molecular weight is 787 g/mol. The van der Waals surface area contributed by atoms with Gasteiger partial charge < -0.3 is 0 Å². The van der Waals surface area contributed by atoms with Crippen molar-refractivity contribution in [3.05, 3.63) is 156 Å². The van der Waals surface area contributed by atoms with Crippen molar-refractivity contribution in [1.82, 2.24) is 18.8 Å². The van der Waals surface area contributed by atoms with Crippen LogP contribution in [0.4, 0.5) is 0 Å². The molecule has 0 saturated carbocycles. The van der Waals surface area contributed by atoms with Crippen LogP contribution >= 0.6 is 11.8 Å². The summed E-state index contributed by atoms with van der Waals surface area (Å²) in [5, 5.41) is 7.21. The molecule has 4 nitrogen and oxygen atoms in total. The molecule has 6 aromatic carbocycles. The van der Waals surface area contributed by atoms with Gasteiger partial charge in [0.2, 0.25) is 0 Å². The van der Waals surface area contributed by atoms with Crippen LogP contribution in [-0.4, -0.2) is 18.8 Å². The highest BCUT2D eigenvalue weighted by atomic mass is 32.2. The number of rotatable bonds is 8. The van der Waals surface area contributed by atoms with E-state index >= 15 is 0 Å². The smallest absolute Gasteiger partial charge is 0.145 e. The van der Waals surface area contributed by atoms with Gasteiger partial charge in [-0.2, -0.15) is 0 Å². The van der Waals surface area contributed by atoms with Crippen LogP contribution in [-0.2, 0) is 0 Å². The summed E-state index contributed by atoms with van der Waals surface area (Å²) < 4.78 is 4.82. The van der Waals surface area contributed by atoms with Crippen LogP contribution in [0.5, 0.6) is 0 Å². The second-order valence-corrected chi connectivity index (χ2v) is 18.5. The molecule has 4 aromatic heterocycles. The van der Waals surface area contributed by atoms with Gasteiger partial charge in [-0.05, 0) is 93.1 Å². The Labute approximate surface area is 351 Å². The van der Waals surface area contributed by atoms with Crippen LogP contribution in [0.1, 0.15) is 101 Å². The van der Waals surface area contributed by atoms with Crippen LogP contribution in [0.3, 0.4) is 0 Å². The van der Waals surface area contributed by atoms with Crippen molar-refractivity contribution in [2.75, 3.05) is 0 Å². The third kappa shape index (κ3) is 5.96. The van der Waals surface area contributed by atoms with Crippen LogP contribution in [0.2, 0.25) is 0 Å². The van der Waals surface area contributed by atoms with Crippen molar-refractivity contribution in [3.8, 4) is 22.5 Å². The number of nitrogens with zero attached hydrogens (tertiary/aromatic N) is 4. The van der Waals surface area contributed by atoms with E-state index in [9.17, 15) is 0 Å². The fourth-order valence-electron chi connectivity index (χ4n) is 9.56. The van der Waals surface area contributed by atoms with Gasteiger partial charge in [0.05, 0.1) is 34.8 Å². The van der Waals surface area contributed by atoms with Crippen molar-refractivity contribution < 1.29 is 0 Å². The highest BCUT2D eigenvalue weighted by Crippen LogP contribution is 2.43. The van der Waals surface area contributed by atoms with E-state index < -0.39 is 0 Å². The van der Waals surface area contributed by atoms with Gasteiger partial charge in [0.25, 0.3) is 0 Å². The number of para-hydroxylation sites is 2. The van der Waals surface area contributed by atoms with E-state index in [4.69, 9.17) is 9.97 Å². The Kier molecular flexibility index (Phi) is 9.13. The van der Waals surface area contributed by atoms with Crippen molar-refractivity contribution >= 4 is 66.4 Å². The zero-order valence-electron chi connectivity index (χ0n) is 35.2.